The van der Waals surface area contributed by atoms with Gasteiger partial charge in [0.2, 0.25) is 0 Å². The van der Waals surface area contributed by atoms with Crippen LogP contribution in [0.2, 0.25) is 0 Å². The molecule has 0 aliphatic carbocycles. The molecule has 0 radical (unpaired) electrons. The van der Waals surface area contributed by atoms with Crippen molar-refractivity contribution in [2.45, 2.75) is 17.6 Å². The second-order valence-electron chi connectivity index (χ2n) is 5.77. The van der Waals surface area contributed by atoms with E-state index >= 15 is 0 Å². The zero-order valence-corrected chi connectivity index (χ0v) is 16.4. The van der Waals surface area contributed by atoms with Gasteiger partial charge in [-0.25, -0.2) is 19.6 Å². The Bertz CT molecular complexity index is 908. The van der Waals surface area contributed by atoms with Gasteiger partial charge in [0.1, 0.15) is 12.4 Å². The van der Waals surface area contributed by atoms with E-state index in [0.29, 0.717) is 6.54 Å². The maximum Gasteiger partial charge on any atom is 0.318 e. The van der Waals surface area contributed by atoms with Gasteiger partial charge >= 0.3 is 6.01 Å². The van der Waals surface area contributed by atoms with E-state index in [0.717, 1.165) is 27.3 Å². The average molecular weight is 482 g/mol. The van der Waals surface area contributed by atoms with Gasteiger partial charge in [-0.15, -0.1) is 0 Å². The number of hydrogen-bond donors (Lipinski definition) is 1. The van der Waals surface area contributed by atoms with E-state index in [4.69, 9.17) is 10.6 Å². The molecular formula is C19H17F2IN4O. The smallest absolute Gasteiger partial charge is 0.318 e. The largest absolute Gasteiger partial charge is 0.459 e. The molecule has 0 saturated heterocycles. The van der Waals surface area contributed by atoms with Crippen LogP contribution in [0.4, 0.5) is 14.6 Å². The third-order valence-electron chi connectivity index (χ3n) is 3.86. The highest BCUT2D eigenvalue weighted by atomic mass is 127. The lowest BCUT2D eigenvalue weighted by molar-refractivity contribution is 0.279. The van der Waals surface area contributed by atoms with Crippen LogP contribution in [0.15, 0.2) is 54.7 Å². The molecule has 0 saturated carbocycles. The lowest BCUT2D eigenvalue weighted by atomic mass is 10.1. The number of hydrazine groups is 1. The van der Waals surface area contributed by atoms with Crippen LogP contribution in [0.1, 0.15) is 16.7 Å². The molecule has 0 aliphatic rings. The summed E-state index contributed by atoms with van der Waals surface area (Å²) in [5.41, 5.74) is 2.85. The predicted octanol–water partition coefficient (Wildman–Crippen LogP) is 4.15. The highest BCUT2D eigenvalue weighted by Gasteiger charge is 2.15. The quantitative estimate of drug-likeness (QED) is 0.237. The molecule has 0 atom stereocenters. The third kappa shape index (κ3) is 5.10. The normalized spacial score (nSPS) is 10.7. The molecule has 0 spiro atoms. The lowest BCUT2D eigenvalue weighted by Crippen LogP contribution is -2.32. The molecule has 0 aliphatic heterocycles. The molecule has 3 rings (SSSR count). The molecule has 140 valence electrons. The van der Waals surface area contributed by atoms with Crippen LogP contribution in [0.5, 0.6) is 6.01 Å². The fraction of sp³-hybridized carbons (Fsp3) is 0.158. The van der Waals surface area contributed by atoms with Crippen LogP contribution < -0.4 is 15.6 Å². The van der Waals surface area contributed by atoms with E-state index in [2.05, 4.69) is 32.6 Å². The molecule has 1 heterocycles. The molecule has 0 fully saturated rings. The Morgan fingerprint density at radius 3 is 2.44 bits per heavy atom. The van der Waals surface area contributed by atoms with E-state index in [1.165, 1.54) is 17.1 Å². The molecule has 0 unspecified atom stereocenters. The second-order valence-corrected chi connectivity index (χ2v) is 6.53. The molecule has 8 heteroatoms. The Morgan fingerprint density at radius 2 is 1.74 bits per heavy atom. The molecule has 2 aromatic carbocycles. The fourth-order valence-electron chi connectivity index (χ4n) is 2.44. The van der Waals surface area contributed by atoms with E-state index in [9.17, 15) is 8.78 Å². The predicted molar refractivity (Wildman–Crippen MR) is 107 cm³/mol. The molecule has 0 amide bonds. The number of benzene rings is 2. The minimum atomic E-state index is -0.640. The fourth-order valence-corrected chi connectivity index (χ4v) is 3.19. The average Bonchev–Trinajstić information content (AvgIpc) is 2.69. The summed E-state index contributed by atoms with van der Waals surface area (Å²) in [5.74, 6) is 5.03. The number of rotatable bonds is 7. The summed E-state index contributed by atoms with van der Waals surface area (Å²) in [6, 6.07) is 13.7. The van der Waals surface area contributed by atoms with Gasteiger partial charge in [-0.3, -0.25) is 5.01 Å². The van der Waals surface area contributed by atoms with E-state index in [1.54, 1.807) is 12.1 Å². The Hall–Kier alpha value is -2.33. The van der Waals surface area contributed by atoms with Gasteiger partial charge in [0.05, 0.1) is 12.7 Å². The van der Waals surface area contributed by atoms with Crippen LogP contribution in [-0.4, -0.2) is 9.97 Å². The van der Waals surface area contributed by atoms with Crippen LogP contribution in [0, 0.1) is 11.6 Å². The van der Waals surface area contributed by atoms with Crippen molar-refractivity contribution in [2.24, 2.45) is 5.84 Å². The van der Waals surface area contributed by atoms with Crippen molar-refractivity contribution in [1.82, 2.24) is 9.97 Å². The minimum Gasteiger partial charge on any atom is -0.459 e. The Balaban J connectivity index is 1.73. The van der Waals surface area contributed by atoms with Crippen molar-refractivity contribution in [3.05, 3.63) is 83.1 Å². The number of anilines is 1. The summed E-state index contributed by atoms with van der Waals surface area (Å²) < 4.78 is 33.4. The van der Waals surface area contributed by atoms with Crippen LogP contribution >= 0.6 is 22.6 Å². The van der Waals surface area contributed by atoms with Gasteiger partial charge < -0.3 is 4.74 Å². The van der Waals surface area contributed by atoms with E-state index in [1.807, 2.05) is 24.3 Å². The number of alkyl halides is 1. The summed E-state index contributed by atoms with van der Waals surface area (Å²) >= 11 is 2.27. The van der Waals surface area contributed by atoms with Crippen LogP contribution in [0.25, 0.3) is 0 Å². The summed E-state index contributed by atoms with van der Waals surface area (Å²) in [6.45, 7) is 0.429. The minimum absolute atomic E-state index is 0.00616. The first-order valence-corrected chi connectivity index (χ1v) is 9.64. The highest BCUT2D eigenvalue weighted by Crippen LogP contribution is 2.21. The molecular weight excluding hydrogens is 465 g/mol. The van der Waals surface area contributed by atoms with Gasteiger partial charge in [0, 0.05) is 4.43 Å². The van der Waals surface area contributed by atoms with Gasteiger partial charge in [-0.1, -0.05) is 59.0 Å². The number of ether oxygens (including phenoxy) is 1. The second kappa shape index (κ2) is 9.05. The molecule has 3 aromatic rings. The van der Waals surface area contributed by atoms with Crippen molar-refractivity contribution in [1.29, 1.82) is 0 Å². The van der Waals surface area contributed by atoms with Crippen molar-refractivity contribution in [2.75, 3.05) is 5.01 Å². The van der Waals surface area contributed by atoms with Gasteiger partial charge in [-0.2, -0.15) is 4.98 Å². The molecule has 27 heavy (non-hydrogen) atoms. The molecule has 1 aromatic heterocycles. The standard InChI is InChI=1S/C19H17F2IN4O/c20-16-7-5-13(6-8-16)12-27-19-24-10-17(21)18(25-19)26(23)11-15-4-2-1-3-14(15)9-22/h1-8,10H,9,11-12,23H2. The number of hydrogen-bond acceptors (Lipinski definition) is 5. The van der Waals surface area contributed by atoms with Gasteiger partial charge in [0.25, 0.3) is 0 Å². The van der Waals surface area contributed by atoms with Crippen molar-refractivity contribution in [3.8, 4) is 6.01 Å². The number of halogens is 3. The van der Waals surface area contributed by atoms with Crippen molar-refractivity contribution >= 4 is 28.4 Å². The highest BCUT2D eigenvalue weighted by molar-refractivity contribution is 14.1. The number of nitrogens with two attached hydrogens (primary N) is 1. The SMILES string of the molecule is NN(Cc1ccccc1CI)c1nc(OCc2ccc(F)cc2)ncc1F. The Kier molecular flexibility index (Phi) is 6.51. The van der Waals surface area contributed by atoms with Crippen LogP contribution in [0.3, 0.4) is 0 Å². The lowest BCUT2D eigenvalue weighted by Gasteiger charge is -2.20. The summed E-state index contributed by atoms with van der Waals surface area (Å²) in [4.78, 5) is 7.90. The Morgan fingerprint density at radius 1 is 1.04 bits per heavy atom. The van der Waals surface area contributed by atoms with Crippen LogP contribution in [-0.2, 0) is 17.6 Å². The third-order valence-corrected chi connectivity index (χ3v) is 4.68. The zero-order valence-electron chi connectivity index (χ0n) is 14.3. The summed E-state index contributed by atoms with van der Waals surface area (Å²) in [6.07, 6.45) is 1.02. The van der Waals surface area contributed by atoms with E-state index in [-0.39, 0.29) is 24.3 Å². The van der Waals surface area contributed by atoms with Gasteiger partial charge in [-0.05, 0) is 28.8 Å². The number of aromatic nitrogens is 2. The molecule has 2 N–H and O–H groups in total. The van der Waals surface area contributed by atoms with Crippen molar-refractivity contribution < 1.29 is 13.5 Å². The first kappa shape index (κ1) is 19.4. The number of nitrogens with zero attached hydrogens (tertiary/aromatic N) is 3. The maximum absolute atomic E-state index is 14.2. The molecule has 0 bridgehead atoms. The Labute approximate surface area is 169 Å². The maximum atomic E-state index is 14.2. The van der Waals surface area contributed by atoms with Gasteiger partial charge in [0.15, 0.2) is 11.6 Å². The topological polar surface area (TPSA) is 64.3 Å². The first-order chi connectivity index (χ1) is 13.1. The van der Waals surface area contributed by atoms with E-state index < -0.39 is 5.82 Å². The zero-order chi connectivity index (χ0) is 19.2. The van der Waals surface area contributed by atoms with Crippen molar-refractivity contribution in [3.63, 3.8) is 0 Å². The monoisotopic (exact) mass is 482 g/mol. The summed E-state index contributed by atoms with van der Waals surface area (Å²) in [5, 5.41) is 1.23. The molecule has 5 nitrogen and oxygen atoms in total. The summed E-state index contributed by atoms with van der Waals surface area (Å²) in [7, 11) is 0. The first-order valence-electron chi connectivity index (χ1n) is 8.11.